The number of ether oxygens (including phenoxy) is 1. The normalized spacial score (nSPS) is 16.9. The van der Waals surface area contributed by atoms with Gasteiger partial charge < -0.3 is 19.8 Å². The van der Waals surface area contributed by atoms with Gasteiger partial charge in [-0.3, -0.25) is 4.99 Å². The van der Waals surface area contributed by atoms with Crippen molar-refractivity contribution in [3.63, 3.8) is 0 Å². The summed E-state index contributed by atoms with van der Waals surface area (Å²) >= 11 is 0. The molecule has 1 aromatic heterocycles. The van der Waals surface area contributed by atoms with Crippen molar-refractivity contribution in [3.8, 4) is 0 Å². The summed E-state index contributed by atoms with van der Waals surface area (Å²) in [7, 11) is 1.76. The number of aromatic nitrogens is 1. The average molecular weight is 370 g/mol. The first-order chi connectivity index (χ1) is 13.2. The fourth-order valence-electron chi connectivity index (χ4n) is 3.38. The van der Waals surface area contributed by atoms with E-state index >= 15 is 0 Å². The van der Waals surface area contributed by atoms with Gasteiger partial charge in [0.1, 0.15) is 5.76 Å². The zero-order valence-electron chi connectivity index (χ0n) is 16.5. The molecule has 0 aliphatic heterocycles. The number of aliphatic imine (C=N–C) groups is 1. The van der Waals surface area contributed by atoms with E-state index in [4.69, 9.17) is 9.15 Å². The topological polar surface area (TPSA) is 71.7 Å². The van der Waals surface area contributed by atoms with Gasteiger partial charge in [0.15, 0.2) is 5.96 Å². The molecule has 0 amide bonds. The van der Waals surface area contributed by atoms with E-state index in [9.17, 15) is 0 Å². The van der Waals surface area contributed by atoms with Gasteiger partial charge in [0, 0.05) is 20.2 Å². The standard InChI is InChI=1S/C21H30N4O2/c1-15-16(2)27-20(25-15)14-24-21(22-3)23-12-7-13-26-19-11-6-9-17-8-4-5-10-18(17)19/h4-5,8,10,19H,6-7,9,11-14H2,1-3H3,(H2,22,23,24). The van der Waals surface area contributed by atoms with Crippen molar-refractivity contribution in [1.29, 1.82) is 0 Å². The number of fused-ring (bicyclic) bond motifs is 1. The molecule has 0 saturated carbocycles. The van der Waals surface area contributed by atoms with E-state index in [2.05, 4.69) is 44.9 Å². The summed E-state index contributed by atoms with van der Waals surface area (Å²) in [6.45, 7) is 5.92. The molecule has 0 fully saturated rings. The monoisotopic (exact) mass is 370 g/mol. The Morgan fingerprint density at radius 3 is 2.93 bits per heavy atom. The van der Waals surface area contributed by atoms with E-state index in [1.165, 1.54) is 24.0 Å². The quantitative estimate of drug-likeness (QED) is 0.444. The molecular weight excluding hydrogens is 340 g/mol. The Hall–Kier alpha value is -2.34. The van der Waals surface area contributed by atoms with E-state index in [1.807, 2.05) is 13.8 Å². The van der Waals surface area contributed by atoms with Crippen molar-refractivity contribution in [2.24, 2.45) is 4.99 Å². The molecule has 0 spiro atoms. The summed E-state index contributed by atoms with van der Waals surface area (Å²) in [6.07, 6.45) is 4.66. The number of aryl methyl sites for hydroxylation is 3. The molecule has 2 aromatic rings. The molecule has 1 atom stereocenters. The fraction of sp³-hybridized carbons (Fsp3) is 0.524. The average Bonchev–Trinajstić information content (AvgIpc) is 3.01. The molecule has 1 aliphatic carbocycles. The number of benzene rings is 1. The maximum absolute atomic E-state index is 6.14. The van der Waals surface area contributed by atoms with Crippen molar-refractivity contribution >= 4 is 5.96 Å². The van der Waals surface area contributed by atoms with Crippen LogP contribution in [0.5, 0.6) is 0 Å². The second kappa shape index (κ2) is 9.55. The van der Waals surface area contributed by atoms with Crippen LogP contribution in [0.2, 0.25) is 0 Å². The molecule has 0 bridgehead atoms. The van der Waals surface area contributed by atoms with Crippen molar-refractivity contribution in [1.82, 2.24) is 15.6 Å². The van der Waals surface area contributed by atoms with Gasteiger partial charge in [-0.25, -0.2) is 4.98 Å². The molecule has 27 heavy (non-hydrogen) atoms. The van der Waals surface area contributed by atoms with E-state index in [0.29, 0.717) is 12.4 Å². The first kappa shape index (κ1) is 19.4. The lowest BCUT2D eigenvalue weighted by molar-refractivity contribution is 0.0398. The summed E-state index contributed by atoms with van der Waals surface area (Å²) in [6, 6.07) is 8.65. The SMILES string of the molecule is CN=C(NCCCOC1CCCc2ccccc21)NCc1nc(C)c(C)o1. The third-order valence-corrected chi connectivity index (χ3v) is 4.95. The van der Waals surface area contributed by atoms with Crippen LogP contribution in [0.3, 0.4) is 0 Å². The highest BCUT2D eigenvalue weighted by molar-refractivity contribution is 5.79. The lowest BCUT2D eigenvalue weighted by Gasteiger charge is -2.25. The molecule has 2 N–H and O–H groups in total. The van der Waals surface area contributed by atoms with E-state index in [-0.39, 0.29) is 6.10 Å². The third-order valence-electron chi connectivity index (χ3n) is 4.95. The van der Waals surface area contributed by atoms with E-state index in [1.54, 1.807) is 7.05 Å². The van der Waals surface area contributed by atoms with Gasteiger partial charge in [0.05, 0.1) is 18.3 Å². The summed E-state index contributed by atoms with van der Waals surface area (Å²) in [4.78, 5) is 8.60. The minimum Gasteiger partial charge on any atom is -0.444 e. The molecule has 1 unspecified atom stereocenters. The predicted molar refractivity (Wildman–Crippen MR) is 107 cm³/mol. The van der Waals surface area contributed by atoms with Crippen molar-refractivity contribution < 1.29 is 9.15 Å². The maximum atomic E-state index is 6.14. The fourth-order valence-corrected chi connectivity index (χ4v) is 3.38. The van der Waals surface area contributed by atoms with Gasteiger partial charge >= 0.3 is 0 Å². The second-order valence-corrected chi connectivity index (χ2v) is 6.91. The number of rotatable bonds is 7. The molecule has 1 aliphatic rings. The van der Waals surface area contributed by atoms with E-state index in [0.717, 1.165) is 43.4 Å². The number of nitrogens with one attached hydrogen (secondary N) is 2. The first-order valence-corrected chi connectivity index (χ1v) is 9.74. The highest BCUT2D eigenvalue weighted by atomic mass is 16.5. The first-order valence-electron chi connectivity index (χ1n) is 9.74. The molecule has 1 aromatic carbocycles. The van der Waals surface area contributed by atoms with Crippen LogP contribution < -0.4 is 10.6 Å². The molecule has 146 valence electrons. The largest absolute Gasteiger partial charge is 0.444 e. The number of hydrogen-bond donors (Lipinski definition) is 2. The number of nitrogens with zero attached hydrogens (tertiary/aromatic N) is 2. The Bertz CT molecular complexity index is 750. The third kappa shape index (κ3) is 5.32. The minimum atomic E-state index is 0.240. The molecule has 0 radical (unpaired) electrons. The predicted octanol–water partition coefficient (Wildman–Crippen LogP) is 3.44. The molecule has 3 rings (SSSR count). The van der Waals surface area contributed by atoms with Gasteiger partial charge in [-0.15, -0.1) is 0 Å². The Morgan fingerprint density at radius 2 is 2.15 bits per heavy atom. The highest BCUT2D eigenvalue weighted by Gasteiger charge is 2.19. The Kier molecular flexibility index (Phi) is 6.87. The number of hydrogen-bond acceptors (Lipinski definition) is 4. The van der Waals surface area contributed by atoms with Crippen molar-refractivity contribution in [2.75, 3.05) is 20.2 Å². The Labute approximate surface area is 161 Å². The summed E-state index contributed by atoms with van der Waals surface area (Å²) in [5.74, 6) is 2.27. The van der Waals surface area contributed by atoms with Crippen molar-refractivity contribution in [2.45, 2.75) is 52.2 Å². The van der Waals surface area contributed by atoms with Crippen molar-refractivity contribution in [3.05, 3.63) is 52.7 Å². The summed E-state index contributed by atoms with van der Waals surface area (Å²) < 4.78 is 11.7. The van der Waals surface area contributed by atoms with Crippen LogP contribution in [-0.2, 0) is 17.7 Å². The number of guanidine groups is 1. The Balaban J connectivity index is 1.36. The molecule has 1 heterocycles. The lowest BCUT2D eigenvalue weighted by atomic mass is 9.89. The van der Waals surface area contributed by atoms with Crippen LogP contribution in [0.4, 0.5) is 0 Å². The molecule has 6 nitrogen and oxygen atoms in total. The molecular formula is C21H30N4O2. The summed E-state index contributed by atoms with van der Waals surface area (Å²) in [5, 5.41) is 6.53. The summed E-state index contributed by atoms with van der Waals surface area (Å²) in [5.41, 5.74) is 3.73. The highest BCUT2D eigenvalue weighted by Crippen LogP contribution is 2.32. The van der Waals surface area contributed by atoms with Gasteiger partial charge in [-0.05, 0) is 50.7 Å². The van der Waals surface area contributed by atoms with Crippen LogP contribution in [0.25, 0.3) is 0 Å². The van der Waals surface area contributed by atoms with Crippen LogP contribution in [-0.4, -0.2) is 31.1 Å². The number of oxazole rings is 1. The minimum absolute atomic E-state index is 0.240. The Morgan fingerprint density at radius 1 is 1.30 bits per heavy atom. The van der Waals surface area contributed by atoms with Crippen LogP contribution in [0.1, 0.15) is 53.8 Å². The van der Waals surface area contributed by atoms with Gasteiger partial charge in [0.2, 0.25) is 5.89 Å². The second-order valence-electron chi connectivity index (χ2n) is 6.91. The molecule has 6 heteroatoms. The van der Waals surface area contributed by atoms with Crippen LogP contribution in [0, 0.1) is 13.8 Å². The zero-order chi connectivity index (χ0) is 19.1. The molecule has 0 saturated heterocycles. The maximum Gasteiger partial charge on any atom is 0.214 e. The van der Waals surface area contributed by atoms with Crippen LogP contribution >= 0.6 is 0 Å². The zero-order valence-corrected chi connectivity index (χ0v) is 16.5. The van der Waals surface area contributed by atoms with Gasteiger partial charge in [0.25, 0.3) is 0 Å². The lowest BCUT2D eigenvalue weighted by Crippen LogP contribution is -2.37. The van der Waals surface area contributed by atoms with Crippen LogP contribution in [0.15, 0.2) is 33.7 Å². The smallest absolute Gasteiger partial charge is 0.214 e. The van der Waals surface area contributed by atoms with Gasteiger partial charge in [-0.1, -0.05) is 24.3 Å². The van der Waals surface area contributed by atoms with Gasteiger partial charge in [-0.2, -0.15) is 0 Å². The van der Waals surface area contributed by atoms with E-state index < -0.39 is 0 Å².